The summed E-state index contributed by atoms with van der Waals surface area (Å²) in [6.07, 6.45) is 8.20. The first-order valence-electron chi connectivity index (χ1n) is 8.17. The molecule has 2 aliphatic rings. The van der Waals surface area contributed by atoms with Gasteiger partial charge in [-0.3, -0.25) is 4.79 Å². The minimum Gasteiger partial charge on any atom is -0.480 e. The molecule has 3 atom stereocenters. The molecule has 0 aromatic carbocycles. The lowest BCUT2D eigenvalue weighted by molar-refractivity contribution is -0.149. The van der Waals surface area contributed by atoms with Crippen molar-refractivity contribution in [2.75, 3.05) is 12.3 Å². The van der Waals surface area contributed by atoms with Crippen molar-refractivity contribution in [1.82, 2.24) is 4.90 Å². The number of likely N-dealkylation sites (tertiary alicyclic amines) is 1. The van der Waals surface area contributed by atoms with E-state index in [1.54, 1.807) is 4.90 Å². The molecule has 1 amide bonds. The van der Waals surface area contributed by atoms with E-state index in [0.29, 0.717) is 24.6 Å². The van der Waals surface area contributed by atoms with Gasteiger partial charge in [-0.1, -0.05) is 39.0 Å². The lowest BCUT2D eigenvalue weighted by Crippen LogP contribution is -2.43. The van der Waals surface area contributed by atoms with Crippen LogP contribution in [0.4, 0.5) is 0 Å². The SMILES string of the molecule is CC(CS)C(=O)N1CC(CC2CCCCC2)C[C@H]1C(=O)O. The molecular weight excluding hydrogens is 286 g/mol. The normalized spacial score (nSPS) is 28.6. The third-order valence-electron chi connectivity index (χ3n) is 5.04. The second-order valence-electron chi connectivity index (χ2n) is 6.77. The second-order valence-corrected chi connectivity index (χ2v) is 7.13. The highest BCUT2D eigenvalue weighted by Crippen LogP contribution is 2.35. The Balaban J connectivity index is 1.97. The Morgan fingerprint density at radius 2 is 1.90 bits per heavy atom. The molecule has 2 unspecified atom stereocenters. The summed E-state index contributed by atoms with van der Waals surface area (Å²) in [5.41, 5.74) is 0. The molecule has 5 heteroatoms. The number of hydrogen-bond acceptors (Lipinski definition) is 3. The Labute approximate surface area is 132 Å². The summed E-state index contributed by atoms with van der Waals surface area (Å²) < 4.78 is 0. The molecule has 0 aromatic heterocycles. The molecule has 1 saturated heterocycles. The van der Waals surface area contributed by atoms with Crippen LogP contribution >= 0.6 is 12.6 Å². The maximum absolute atomic E-state index is 12.3. The molecule has 21 heavy (non-hydrogen) atoms. The molecule has 1 aliphatic heterocycles. The van der Waals surface area contributed by atoms with Gasteiger partial charge in [0.2, 0.25) is 5.91 Å². The number of carboxylic acids is 1. The monoisotopic (exact) mass is 313 g/mol. The van der Waals surface area contributed by atoms with Crippen LogP contribution in [0.25, 0.3) is 0 Å². The number of rotatable bonds is 5. The van der Waals surface area contributed by atoms with Gasteiger partial charge in [-0.15, -0.1) is 0 Å². The molecule has 0 radical (unpaired) electrons. The fraction of sp³-hybridized carbons (Fsp3) is 0.875. The van der Waals surface area contributed by atoms with Crippen molar-refractivity contribution in [3.63, 3.8) is 0 Å². The van der Waals surface area contributed by atoms with Crippen LogP contribution in [-0.2, 0) is 9.59 Å². The first-order valence-corrected chi connectivity index (χ1v) is 8.80. The Morgan fingerprint density at radius 1 is 1.24 bits per heavy atom. The van der Waals surface area contributed by atoms with Crippen LogP contribution in [-0.4, -0.2) is 40.2 Å². The van der Waals surface area contributed by atoms with Gasteiger partial charge in [0.15, 0.2) is 0 Å². The van der Waals surface area contributed by atoms with Crippen LogP contribution in [0.15, 0.2) is 0 Å². The molecule has 2 fully saturated rings. The van der Waals surface area contributed by atoms with Gasteiger partial charge < -0.3 is 10.0 Å². The number of thiol groups is 1. The third-order valence-corrected chi connectivity index (χ3v) is 5.59. The fourth-order valence-corrected chi connectivity index (χ4v) is 3.98. The molecule has 1 saturated carbocycles. The summed E-state index contributed by atoms with van der Waals surface area (Å²) in [5, 5.41) is 9.40. The van der Waals surface area contributed by atoms with Crippen LogP contribution in [0.2, 0.25) is 0 Å². The largest absolute Gasteiger partial charge is 0.480 e. The highest BCUT2D eigenvalue weighted by atomic mass is 32.1. The summed E-state index contributed by atoms with van der Waals surface area (Å²) in [6.45, 7) is 2.44. The van der Waals surface area contributed by atoms with Gasteiger partial charge in [0.25, 0.3) is 0 Å². The first kappa shape index (κ1) is 16.7. The number of carbonyl (C=O) groups is 2. The van der Waals surface area contributed by atoms with Crippen molar-refractivity contribution in [3.05, 3.63) is 0 Å². The molecule has 1 N–H and O–H groups in total. The Bertz CT molecular complexity index is 382. The van der Waals surface area contributed by atoms with E-state index in [0.717, 1.165) is 12.3 Å². The molecule has 1 aliphatic carbocycles. The summed E-state index contributed by atoms with van der Waals surface area (Å²) in [6, 6.07) is -0.631. The van der Waals surface area contributed by atoms with Gasteiger partial charge in [-0.05, 0) is 24.7 Å². The molecule has 0 bridgehead atoms. The van der Waals surface area contributed by atoms with E-state index in [1.165, 1.54) is 32.1 Å². The maximum Gasteiger partial charge on any atom is 0.326 e. The molecule has 0 spiro atoms. The van der Waals surface area contributed by atoms with Crippen LogP contribution < -0.4 is 0 Å². The van der Waals surface area contributed by atoms with Crippen molar-refractivity contribution in [2.45, 2.75) is 57.9 Å². The predicted molar refractivity (Wildman–Crippen MR) is 85.5 cm³/mol. The summed E-state index contributed by atoms with van der Waals surface area (Å²) in [7, 11) is 0. The van der Waals surface area contributed by atoms with E-state index in [-0.39, 0.29) is 11.8 Å². The number of aliphatic carboxylic acids is 1. The number of amides is 1. The van der Waals surface area contributed by atoms with E-state index in [9.17, 15) is 14.7 Å². The minimum absolute atomic E-state index is 0.0523. The number of carboxylic acid groups (broad SMARTS) is 1. The Hall–Kier alpha value is -0.710. The zero-order chi connectivity index (χ0) is 15.4. The smallest absolute Gasteiger partial charge is 0.326 e. The zero-order valence-corrected chi connectivity index (χ0v) is 13.7. The standard InChI is InChI=1S/C16H27NO3S/c1-11(10-21)15(18)17-9-13(8-14(17)16(19)20)7-12-5-3-2-4-6-12/h11-14,21H,2-10H2,1H3,(H,19,20)/t11?,13?,14-/m0/s1. The van der Waals surface area contributed by atoms with Gasteiger partial charge in [0.05, 0.1) is 0 Å². The van der Waals surface area contributed by atoms with Gasteiger partial charge in [0, 0.05) is 18.2 Å². The van der Waals surface area contributed by atoms with Crippen molar-refractivity contribution in [3.8, 4) is 0 Å². The Morgan fingerprint density at radius 3 is 2.48 bits per heavy atom. The quantitative estimate of drug-likeness (QED) is 0.767. The van der Waals surface area contributed by atoms with Crippen molar-refractivity contribution >= 4 is 24.5 Å². The van der Waals surface area contributed by atoms with E-state index < -0.39 is 12.0 Å². The molecule has 0 aromatic rings. The lowest BCUT2D eigenvalue weighted by atomic mass is 9.82. The molecule has 2 rings (SSSR count). The van der Waals surface area contributed by atoms with Crippen molar-refractivity contribution in [1.29, 1.82) is 0 Å². The number of hydrogen-bond donors (Lipinski definition) is 2. The Kier molecular flexibility index (Phi) is 5.97. The van der Waals surface area contributed by atoms with Crippen LogP contribution in [0, 0.1) is 17.8 Å². The lowest BCUT2D eigenvalue weighted by Gasteiger charge is -2.25. The average molecular weight is 313 g/mol. The van der Waals surface area contributed by atoms with E-state index in [2.05, 4.69) is 12.6 Å². The van der Waals surface area contributed by atoms with Gasteiger partial charge >= 0.3 is 5.97 Å². The van der Waals surface area contributed by atoms with Gasteiger partial charge in [0.1, 0.15) is 6.04 Å². The van der Waals surface area contributed by atoms with Crippen LogP contribution in [0.1, 0.15) is 51.9 Å². The fourth-order valence-electron chi connectivity index (χ4n) is 3.83. The minimum atomic E-state index is -0.860. The van der Waals surface area contributed by atoms with Crippen LogP contribution in [0.5, 0.6) is 0 Å². The number of nitrogens with zero attached hydrogens (tertiary/aromatic N) is 1. The highest BCUT2D eigenvalue weighted by Gasteiger charge is 2.41. The molecule has 120 valence electrons. The maximum atomic E-state index is 12.3. The average Bonchev–Trinajstić information content (AvgIpc) is 2.90. The van der Waals surface area contributed by atoms with Gasteiger partial charge in [-0.25, -0.2) is 4.79 Å². The van der Waals surface area contributed by atoms with Gasteiger partial charge in [-0.2, -0.15) is 12.6 Å². The van der Waals surface area contributed by atoms with E-state index in [4.69, 9.17) is 0 Å². The second kappa shape index (κ2) is 7.52. The molecule has 4 nitrogen and oxygen atoms in total. The first-order chi connectivity index (χ1) is 10.0. The highest BCUT2D eigenvalue weighted by molar-refractivity contribution is 7.80. The van der Waals surface area contributed by atoms with E-state index in [1.807, 2.05) is 6.92 Å². The summed E-state index contributed by atoms with van der Waals surface area (Å²) >= 11 is 4.16. The third kappa shape index (κ3) is 4.15. The zero-order valence-electron chi connectivity index (χ0n) is 12.8. The predicted octanol–water partition coefficient (Wildman–Crippen LogP) is 2.82. The molecule has 1 heterocycles. The van der Waals surface area contributed by atoms with Crippen molar-refractivity contribution < 1.29 is 14.7 Å². The van der Waals surface area contributed by atoms with E-state index >= 15 is 0 Å². The number of carbonyl (C=O) groups excluding carboxylic acids is 1. The van der Waals surface area contributed by atoms with Crippen molar-refractivity contribution in [2.24, 2.45) is 17.8 Å². The molecular formula is C16H27NO3S. The summed E-state index contributed by atoms with van der Waals surface area (Å²) in [4.78, 5) is 25.4. The topological polar surface area (TPSA) is 57.6 Å². The summed E-state index contributed by atoms with van der Waals surface area (Å²) in [5.74, 6) is 0.434. The van der Waals surface area contributed by atoms with Crippen LogP contribution in [0.3, 0.4) is 0 Å².